The van der Waals surface area contributed by atoms with Gasteiger partial charge in [0, 0.05) is 5.69 Å². The fraction of sp³-hybridized carbons (Fsp3) is 0.385. The second-order valence-electron chi connectivity index (χ2n) is 4.92. The molecule has 0 amide bonds. The van der Waals surface area contributed by atoms with Gasteiger partial charge in [-0.05, 0) is 50.5 Å². The van der Waals surface area contributed by atoms with Crippen LogP contribution in [0.5, 0.6) is 0 Å². The van der Waals surface area contributed by atoms with E-state index in [0.29, 0.717) is 22.6 Å². The molecule has 1 aromatic heterocycles. The van der Waals surface area contributed by atoms with E-state index in [4.69, 9.17) is 10.3 Å². The molecule has 0 fully saturated rings. The summed E-state index contributed by atoms with van der Waals surface area (Å²) in [5.41, 5.74) is 8.35. The molecule has 0 radical (unpaired) electrons. The molecular formula is C13H18N4O3S. The predicted molar refractivity (Wildman–Crippen MR) is 78.1 cm³/mol. The van der Waals surface area contributed by atoms with Gasteiger partial charge in [-0.2, -0.15) is 4.98 Å². The minimum atomic E-state index is -3.71. The van der Waals surface area contributed by atoms with Crippen LogP contribution in [0.4, 0.5) is 5.69 Å². The average Bonchev–Trinajstić information content (AvgIpc) is 2.80. The number of hydrogen-bond donors (Lipinski definition) is 2. The van der Waals surface area contributed by atoms with E-state index in [1.54, 1.807) is 26.8 Å². The lowest BCUT2D eigenvalue weighted by molar-refractivity contribution is 0.372. The number of nitrogens with zero attached hydrogens (tertiary/aromatic N) is 2. The Hall–Kier alpha value is -1.93. The molecule has 0 aliphatic heterocycles. The molecule has 8 heteroatoms. The van der Waals surface area contributed by atoms with Crippen molar-refractivity contribution in [1.82, 2.24) is 14.9 Å². The summed E-state index contributed by atoms with van der Waals surface area (Å²) in [5, 5.41) is 3.61. The van der Waals surface area contributed by atoms with Crippen LogP contribution in [0.2, 0.25) is 0 Å². The van der Waals surface area contributed by atoms with Crippen LogP contribution in [0, 0.1) is 27.7 Å². The minimum Gasteiger partial charge on any atom is -0.398 e. The summed E-state index contributed by atoms with van der Waals surface area (Å²) >= 11 is 0. The van der Waals surface area contributed by atoms with Crippen LogP contribution in [-0.4, -0.2) is 18.6 Å². The lowest BCUT2D eigenvalue weighted by atomic mass is 10.1. The summed E-state index contributed by atoms with van der Waals surface area (Å²) in [7, 11) is -3.71. The van der Waals surface area contributed by atoms with Crippen molar-refractivity contribution in [3.8, 4) is 0 Å². The Morgan fingerprint density at radius 3 is 2.48 bits per heavy atom. The van der Waals surface area contributed by atoms with Crippen molar-refractivity contribution >= 4 is 15.7 Å². The third-order valence-electron chi connectivity index (χ3n) is 3.33. The van der Waals surface area contributed by atoms with Gasteiger partial charge >= 0.3 is 0 Å². The van der Waals surface area contributed by atoms with Crippen molar-refractivity contribution in [2.75, 3.05) is 5.73 Å². The molecule has 3 N–H and O–H groups in total. The van der Waals surface area contributed by atoms with Crippen molar-refractivity contribution in [1.29, 1.82) is 0 Å². The van der Waals surface area contributed by atoms with Crippen LogP contribution in [0.3, 0.4) is 0 Å². The van der Waals surface area contributed by atoms with E-state index >= 15 is 0 Å². The van der Waals surface area contributed by atoms with Gasteiger partial charge in [-0.15, -0.1) is 0 Å². The van der Waals surface area contributed by atoms with Gasteiger partial charge in [0.15, 0.2) is 5.82 Å². The van der Waals surface area contributed by atoms with E-state index in [1.165, 1.54) is 0 Å². The van der Waals surface area contributed by atoms with Crippen molar-refractivity contribution in [3.63, 3.8) is 0 Å². The average molecular weight is 310 g/mol. The molecule has 0 aliphatic carbocycles. The van der Waals surface area contributed by atoms with Gasteiger partial charge in [0.2, 0.25) is 15.9 Å². The van der Waals surface area contributed by atoms with Gasteiger partial charge in [-0.25, -0.2) is 13.1 Å². The van der Waals surface area contributed by atoms with E-state index in [0.717, 1.165) is 5.56 Å². The van der Waals surface area contributed by atoms with Gasteiger partial charge < -0.3 is 10.3 Å². The van der Waals surface area contributed by atoms with Crippen LogP contribution in [0.1, 0.15) is 28.4 Å². The molecule has 0 unspecified atom stereocenters. The van der Waals surface area contributed by atoms with Crippen LogP contribution in [0.15, 0.2) is 15.5 Å². The number of anilines is 1. The maximum Gasteiger partial charge on any atom is 0.241 e. The monoisotopic (exact) mass is 310 g/mol. The highest BCUT2D eigenvalue weighted by Gasteiger charge is 2.22. The van der Waals surface area contributed by atoms with Crippen molar-refractivity contribution < 1.29 is 12.9 Å². The lowest BCUT2D eigenvalue weighted by Gasteiger charge is -2.15. The zero-order valence-electron chi connectivity index (χ0n) is 12.4. The summed E-state index contributed by atoms with van der Waals surface area (Å²) < 4.78 is 32.4. The van der Waals surface area contributed by atoms with Crippen LogP contribution in [0.25, 0.3) is 0 Å². The number of nitrogens with one attached hydrogen (secondary N) is 1. The number of sulfonamides is 1. The summed E-state index contributed by atoms with van der Waals surface area (Å²) in [5.74, 6) is 0.670. The Balaban J connectivity index is 2.36. The molecule has 2 rings (SSSR count). The first-order valence-corrected chi connectivity index (χ1v) is 7.86. The van der Waals surface area contributed by atoms with Gasteiger partial charge in [0.1, 0.15) is 0 Å². The summed E-state index contributed by atoms with van der Waals surface area (Å²) in [6, 6.07) is 1.77. The van der Waals surface area contributed by atoms with E-state index in [1.807, 2.05) is 6.92 Å². The number of hydrogen-bond acceptors (Lipinski definition) is 6. The lowest BCUT2D eigenvalue weighted by Crippen LogP contribution is -2.25. The Morgan fingerprint density at radius 2 is 1.90 bits per heavy atom. The second-order valence-corrected chi connectivity index (χ2v) is 6.63. The normalized spacial score (nSPS) is 11.8. The third-order valence-corrected chi connectivity index (χ3v) is 5.00. The highest BCUT2D eigenvalue weighted by Crippen LogP contribution is 2.27. The summed E-state index contributed by atoms with van der Waals surface area (Å²) in [6.07, 6.45) is 0. The fourth-order valence-electron chi connectivity index (χ4n) is 2.09. The van der Waals surface area contributed by atoms with Gasteiger partial charge in [0.05, 0.1) is 11.4 Å². The van der Waals surface area contributed by atoms with Crippen molar-refractivity contribution in [3.05, 3.63) is 34.5 Å². The number of benzene rings is 1. The van der Waals surface area contributed by atoms with E-state index < -0.39 is 10.0 Å². The first kappa shape index (κ1) is 15.5. The smallest absolute Gasteiger partial charge is 0.241 e. The largest absolute Gasteiger partial charge is 0.398 e. The Bertz CT molecular complexity index is 755. The topological polar surface area (TPSA) is 111 Å². The SMILES string of the molecule is Cc1noc(CNS(=O)(=O)c2c(C)c(C)cc(N)c2C)n1. The van der Waals surface area contributed by atoms with Crippen LogP contribution >= 0.6 is 0 Å². The zero-order valence-corrected chi connectivity index (χ0v) is 13.2. The first-order chi connectivity index (χ1) is 9.72. The van der Waals surface area contributed by atoms with Crippen LogP contribution in [-0.2, 0) is 16.6 Å². The maximum absolute atomic E-state index is 12.5. The van der Waals surface area contributed by atoms with Crippen LogP contribution < -0.4 is 10.5 Å². The molecule has 2 aromatic rings. The van der Waals surface area contributed by atoms with Crippen molar-refractivity contribution in [2.45, 2.75) is 39.1 Å². The molecule has 0 aliphatic rings. The molecule has 0 atom stereocenters. The van der Waals surface area contributed by atoms with Crippen molar-refractivity contribution in [2.24, 2.45) is 0 Å². The van der Waals surface area contributed by atoms with E-state index in [-0.39, 0.29) is 17.3 Å². The molecule has 0 saturated carbocycles. The molecule has 21 heavy (non-hydrogen) atoms. The molecular weight excluding hydrogens is 292 g/mol. The zero-order chi connectivity index (χ0) is 15.8. The Kier molecular flexibility index (Phi) is 4.02. The van der Waals surface area contributed by atoms with E-state index in [9.17, 15) is 8.42 Å². The number of aryl methyl sites for hydroxylation is 2. The second kappa shape index (κ2) is 5.45. The standard InChI is InChI=1S/C13H18N4O3S/c1-7-5-11(14)9(3)13(8(7)2)21(18,19)15-6-12-16-10(4)17-20-12/h5,15H,6,14H2,1-4H3. The number of nitrogen functional groups attached to an aromatic ring is 1. The third kappa shape index (κ3) is 3.06. The number of rotatable bonds is 4. The summed E-state index contributed by atoms with van der Waals surface area (Å²) in [6.45, 7) is 6.87. The minimum absolute atomic E-state index is 0.0596. The highest BCUT2D eigenvalue weighted by molar-refractivity contribution is 7.89. The quantitative estimate of drug-likeness (QED) is 0.825. The molecule has 0 saturated heterocycles. The molecule has 7 nitrogen and oxygen atoms in total. The molecule has 1 heterocycles. The molecule has 0 spiro atoms. The predicted octanol–water partition coefficient (Wildman–Crippen LogP) is 1.36. The molecule has 1 aromatic carbocycles. The van der Waals surface area contributed by atoms with E-state index in [2.05, 4.69) is 14.9 Å². The Morgan fingerprint density at radius 1 is 1.24 bits per heavy atom. The fourth-order valence-corrected chi connectivity index (χ4v) is 3.63. The number of nitrogens with two attached hydrogens (primary N) is 1. The highest BCUT2D eigenvalue weighted by atomic mass is 32.2. The van der Waals surface area contributed by atoms with Gasteiger partial charge in [-0.3, -0.25) is 0 Å². The maximum atomic E-state index is 12.5. The van der Waals surface area contributed by atoms with Gasteiger partial charge in [0.25, 0.3) is 0 Å². The first-order valence-electron chi connectivity index (χ1n) is 6.37. The molecule has 0 bridgehead atoms. The Labute approximate surface area is 123 Å². The molecule has 114 valence electrons. The number of aromatic nitrogens is 2. The van der Waals surface area contributed by atoms with Gasteiger partial charge in [-0.1, -0.05) is 5.16 Å². The summed E-state index contributed by atoms with van der Waals surface area (Å²) in [4.78, 5) is 4.16.